The smallest absolute Gasteiger partial charge is 0.230 e. The van der Waals surface area contributed by atoms with Crippen LogP contribution in [0.15, 0.2) is 24.0 Å². The fourth-order valence-electron chi connectivity index (χ4n) is 4.76. The highest BCUT2D eigenvalue weighted by Crippen LogP contribution is 2.47. The predicted molar refractivity (Wildman–Crippen MR) is 105 cm³/mol. The van der Waals surface area contributed by atoms with Crippen molar-refractivity contribution in [2.75, 3.05) is 6.54 Å². The standard InChI is InChI=1S/C23H29NO3/c1-22(2,3)24-11-13-12-27-21-15-8-9-16-14(7-6-10-23(16,4)5)18(15)20(26)19(25)17(13)21/h8-9,12,17,21,24H,6-7,10-11H2,1-5H3. The number of carbonyl (C=O) groups excluding carboxylic acids is 2. The van der Waals surface area contributed by atoms with Gasteiger partial charge in [0.2, 0.25) is 11.6 Å². The van der Waals surface area contributed by atoms with E-state index < -0.39 is 5.92 Å². The van der Waals surface area contributed by atoms with Gasteiger partial charge >= 0.3 is 0 Å². The Labute approximate surface area is 161 Å². The number of rotatable bonds is 2. The Kier molecular flexibility index (Phi) is 4.12. The highest BCUT2D eigenvalue weighted by molar-refractivity contribution is 6.46. The first-order valence-corrected chi connectivity index (χ1v) is 9.94. The number of hydrogen-bond acceptors (Lipinski definition) is 4. The van der Waals surface area contributed by atoms with E-state index in [-0.39, 0.29) is 28.6 Å². The first-order valence-electron chi connectivity index (χ1n) is 9.94. The molecule has 2 aliphatic carbocycles. The van der Waals surface area contributed by atoms with Crippen LogP contribution in [-0.4, -0.2) is 23.7 Å². The number of ether oxygens (including phenoxy) is 1. The third-order valence-electron chi connectivity index (χ3n) is 6.23. The fourth-order valence-corrected chi connectivity index (χ4v) is 4.76. The van der Waals surface area contributed by atoms with Crippen molar-refractivity contribution in [2.45, 2.75) is 70.9 Å². The Morgan fingerprint density at radius 2 is 1.96 bits per heavy atom. The molecule has 0 spiro atoms. The van der Waals surface area contributed by atoms with Crippen LogP contribution in [-0.2, 0) is 21.4 Å². The third kappa shape index (κ3) is 2.94. The minimum Gasteiger partial charge on any atom is -0.492 e. The maximum absolute atomic E-state index is 13.1. The number of hydrogen-bond donors (Lipinski definition) is 1. The summed E-state index contributed by atoms with van der Waals surface area (Å²) < 4.78 is 5.95. The molecule has 1 N–H and O–H groups in total. The van der Waals surface area contributed by atoms with Crippen molar-refractivity contribution < 1.29 is 14.3 Å². The minimum atomic E-state index is -0.491. The van der Waals surface area contributed by atoms with Crippen LogP contribution in [0.2, 0.25) is 0 Å². The van der Waals surface area contributed by atoms with Gasteiger partial charge in [-0.05, 0) is 62.1 Å². The SMILES string of the molecule is CC(C)(C)NCC1=COC2c3ccc4c(c3C(=O)C(=O)C12)CCCC4(C)C. The van der Waals surface area contributed by atoms with Gasteiger partial charge in [-0.25, -0.2) is 0 Å². The third-order valence-corrected chi connectivity index (χ3v) is 6.23. The van der Waals surface area contributed by atoms with E-state index >= 15 is 0 Å². The monoisotopic (exact) mass is 367 g/mol. The van der Waals surface area contributed by atoms with E-state index in [1.807, 2.05) is 6.07 Å². The summed E-state index contributed by atoms with van der Waals surface area (Å²) in [4.78, 5) is 26.2. The van der Waals surface area contributed by atoms with E-state index in [0.29, 0.717) is 12.1 Å². The molecule has 0 amide bonds. The first-order chi connectivity index (χ1) is 12.6. The lowest BCUT2D eigenvalue weighted by atomic mass is 9.67. The molecular weight excluding hydrogens is 338 g/mol. The van der Waals surface area contributed by atoms with E-state index in [9.17, 15) is 9.59 Å². The normalized spacial score (nSPS) is 26.0. The summed E-state index contributed by atoms with van der Waals surface area (Å²) in [7, 11) is 0. The number of nitrogens with one attached hydrogen (secondary N) is 1. The van der Waals surface area contributed by atoms with Gasteiger partial charge < -0.3 is 10.1 Å². The van der Waals surface area contributed by atoms with Crippen molar-refractivity contribution in [3.63, 3.8) is 0 Å². The van der Waals surface area contributed by atoms with Crippen molar-refractivity contribution in [3.05, 3.63) is 46.2 Å². The summed E-state index contributed by atoms with van der Waals surface area (Å²) in [5.41, 5.74) is 4.66. The molecule has 0 radical (unpaired) electrons. The van der Waals surface area contributed by atoms with Crippen LogP contribution in [0, 0.1) is 5.92 Å². The van der Waals surface area contributed by atoms with Crippen molar-refractivity contribution in [1.82, 2.24) is 5.32 Å². The molecule has 2 unspecified atom stereocenters. The molecule has 4 heteroatoms. The zero-order valence-electron chi connectivity index (χ0n) is 16.9. The van der Waals surface area contributed by atoms with Crippen molar-refractivity contribution >= 4 is 11.6 Å². The average Bonchev–Trinajstić information content (AvgIpc) is 3.00. The Morgan fingerprint density at radius 1 is 1.22 bits per heavy atom. The van der Waals surface area contributed by atoms with Crippen molar-refractivity contribution in [3.8, 4) is 0 Å². The topological polar surface area (TPSA) is 55.4 Å². The molecule has 4 rings (SSSR count). The summed E-state index contributed by atoms with van der Waals surface area (Å²) in [6.45, 7) is 11.2. The number of ketones is 2. The molecule has 0 saturated carbocycles. The summed E-state index contributed by atoms with van der Waals surface area (Å²) in [6, 6.07) is 4.18. The molecule has 1 aromatic carbocycles. The maximum Gasteiger partial charge on any atom is 0.230 e. The number of Topliss-reactive ketones (excluding diaryl/α,β-unsaturated/α-hetero) is 2. The molecule has 3 aliphatic rings. The van der Waals surface area contributed by atoms with Gasteiger partial charge in [-0.1, -0.05) is 26.0 Å². The van der Waals surface area contributed by atoms with E-state index in [1.54, 1.807) is 6.26 Å². The predicted octanol–water partition coefficient (Wildman–Crippen LogP) is 4.03. The molecule has 0 bridgehead atoms. The molecular formula is C23H29NO3. The van der Waals surface area contributed by atoms with Gasteiger partial charge in [0.25, 0.3) is 0 Å². The van der Waals surface area contributed by atoms with E-state index in [2.05, 4.69) is 46.0 Å². The second kappa shape index (κ2) is 6.03. The molecule has 0 saturated heterocycles. The second-order valence-corrected chi connectivity index (χ2v) is 9.82. The minimum absolute atomic E-state index is 0.0410. The zero-order chi connectivity index (χ0) is 19.6. The van der Waals surface area contributed by atoms with Crippen LogP contribution in [0.3, 0.4) is 0 Å². The Bertz CT molecular complexity index is 857. The van der Waals surface area contributed by atoms with Crippen LogP contribution < -0.4 is 5.32 Å². The van der Waals surface area contributed by atoms with E-state index in [0.717, 1.165) is 36.0 Å². The van der Waals surface area contributed by atoms with Crippen molar-refractivity contribution in [1.29, 1.82) is 0 Å². The lowest BCUT2D eigenvalue weighted by molar-refractivity contribution is -0.120. The van der Waals surface area contributed by atoms with Crippen LogP contribution in [0.5, 0.6) is 0 Å². The van der Waals surface area contributed by atoms with Crippen LogP contribution in [0.1, 0.15) is 80.6 Å². The van der Waals surface area contributed by atoms with Gasteiger partial charge in [0, 0.05) is 23.2 Å². The summed E-state index contributed by atoms with van der Waals surface area (Å²) >= 11 is 0. The summed E-state index contributed by atoms with van der Waals surface area (Å²) in [6.07, 6.45) is 4.35. The second-order valence-electron chi connectivity index (χ2n) is 9.82. The van der Waals surface area contributed by atoms with Gasteiger partial charge in [0.05, 0.1) is 12.2 Å². The van der Waals surface area contributed by atoms with Gasteiger partial charge in [-0.3, -0.25) is 9.59 Å². The van der Waals surface area contributed by atoms with Gasteiger partial charge in [0.15, 0.2) is 0 Å². The van der Waals surface area contributed by atoms with Crippen LogP contribution in [0.25, 0.3) is 0 Å². The molecule has 1 heterocycles. The van der Waals surface area contributed by atoms with Gasteiger partial charge in [0.1, 0.15) is 6.10 Å². The number of benzene rings is 1. The van der Waals surface area contributed by atoms with E-state index in [4.69, 9.17) is 4.74 Å². The largest absolute Gasteiger partial charge is 0.492 e. The summed E-state index contributed by atoms with van der Waals surface area (Å²) in [5.74, 6) is -1.13. The average molecular weight is 367 g/mol. The molecule has 2 atom stereocenters. The Balaban J connectivity index is 1.74. The van der Waals surface area contributed by atoms with Crippen LogP contribution in [0.4, 0.5) is 0 Å². The zero-order valence-corrected chi connectivity index (χ0v) is 16.9. The van der Waals surface area contributed by atoms with Gasteiger partial charge in [-0.2, -0.15) is 0 Å². The maximum atomic E-state index is 13.1. The number of fused-ring (bicyclic) bond motifs is 5. The Morgan fingerprint density at radius 3 is 2.67 bits per heavy atom. The molecule has 1 aromatic rings. The lowest BCUT2D eigenvalue weighted by Crippen LogP contribution is -2.41. The highest BCUT2D eigenvalue weighted by atomic mass is 16.5. The lowest BCUT2D eigenvalue weighted by Gasteiger charge is -2.36. The fraction of sp³-hybridized carbons (Fsp3) is 0.565. The molecule has 1 aliphatic heterocycles. The van der Waals surface area contributed by atoms with Gasteiger partial charge in [-0.15, -0.1) is 0 Å². The number of carbonyl (C=O) groups is 2. The molecule has 144 valence electrons. The Hall–Kier alpha value is -1.94. The van der Waals surface area contributed by atoms with Crippen molar-refractivity contribution in [2.24, 2.45) is 5.92 Å². The molecule has 27 heavy (non-hydrogen) atoms. The molecule has 0 fully saturated rings. The summed E-state index contributed by atoms with van der Waals surface area (Å²) in [5, 5.41) is 3.41. The molecule has 0 aromatic heterocycles. The first kappa shape index (κ1) is 18.4. The quantitative estimate of drug-likeness (QED) is 0.802. The highest BCUT2D eigenvalue weighted by Gasteiger charge is 2.48. The molecule has 4 nitrogen and oxygen atoms in total. The van der Waals surface area contributed by atoms with Crippen LogP contribution >= 0.6 is 0 Å². The van der Waals surface area contributed by atoms with E-state index in [1.165, 1.54) is 5.56 Å².